The largest absolute Gasteiger partial charge is 0.465 e. The predicted octanol–water partition coefficient (Wildman–Crippen LogP) is 2.24. The Bertz CT molecular complexity index is 1040. The molecule has 0 saturated carbocycles. The van der Waals surface area contributed by atoms with Gasteiger partial charge in [0.15, 0.2) is 0 Å². The van der Waals surface area contributed by atoms with Crippen LogP contribution < -0.4 is 5.56 Å². The van der Waals surface area contributed by atoms with E-state index >= 15 is 0 Å². The Kier molecular flexibility index (Phi) is 4.73. The second kappa shape index (κ2) is 7.32. The molecule has 0 bridgehead atoms. The summed E-state index contributed by atoms with van der Waals surface area (Å²) in [5.41, 5.74) is 2.16. The zero-order valence-corrected chi connectivity index (χ0v) is 15.2. The fraction of sp³-hybridized carbons (Fsp3) is 0.286. The zero-order valence-electron chi connectivity index (χ0n) is 15.2. The van der Waals surface area contributed by atoms with Gasteiger partial charge in [0.05, 0.1) is 23.6 Å². The van der Waals surface area contributed by atoms with E-state index in [1.165, 1.54) is 12.7 Å². The second-order valence-electron chi connectivity index (χ2n) is 6.72. The number of nitrogens with zero attached hydrogens (tertiary/aromatic N) is 3. The second-order valence-corrected chi connectivity index (χ2v) is 6.72. The summed E-state index contributed by atoms with van der Waals surface area (Å²) >= 11 is 0. The molecule has 2 aromatic carbocycles. The van der Waals surface area contributed by atoms with Gasteiger partial charge in [0.1, 0.15) is 5.82 Å². The predicted molar refractivity (Wildman–Crippen MR) is 103 cm³/mol. The SMILES string of the molecule is COC(=O)c1ccc2c(=O)n3c(nc2c1)CCN(Cc1ccccc1)CC3. The third-order valence-corrected chi connectivity index (χ3v) is 5.00. The van der Waals surface area contributed by atoms with Crippen molar-refractivity contribution in [3.8, 4) is 0 Å². The number of hydrogen-bond donors (Lipinski definition) is 0. The minimum Gasteiger partial charge on any atom is -0.465 e. The van der Waals surface area contributed by atoms with Gasteiger partial charge in [-0.1, -0.05) is 30.3 Å². The first-order valence-electron chi connectivity index (χ1n) is 9.04. The van der Waals surface area contributed by atoms with Crippen molar-refractivity contribution in [1.82, 2.24) is 14.5 Å². The molecule has 0 radical (unpaired) electrons. The highest BCUT2D eigenvalue weighted by Gasteiger charge is 2.18. The van der Waals surface area contributed by atoms with Crippen LogP contribution in [0.4, 0.5) is 0 Å². The zero-order chi connectivity index (χ0) is 18.8. The molecule has 0 N–H and O–H groups in total. The maximum atomic E-state index is 12.9. The fourth-order valence-electron chi connectivity index (χ4n) is 3.54. The first-order chi connectivity index (χ1) is 13.2. The number of carbonyl (C=O) groups is 1. The number of rotatable bonds is 3. The molecule has 0 spiro atoms. The molecule has 27 heavy (non-hydrogen) atoms. The molecule has 1 aliphatic rings. The van der Waals surface area contributed by atoms with E-state index in [9.17, 15) is 9.59 Å². The monoisotopic (exact) mass is 363 g/mol. The minimum absolute atomic E-state index is 0.0482. The average Bonchev–Trinajstić information content (AvgIpc) is 2.90. The highest BCUT2D eigenvalue weighted by molar-refractivity contribution is 5.94. The summed E-state index contributed by atoms with van der Waals surface area (Å²) in [6.45, 7) is 3.11. The van der Waals surface area contributed by atoms with Crippen LogP contribution in [0.3, 0.4) is 0 Å². The van der Waals surface area contributed by atoms with E-state index in [-0.39, 0.29) is 5.56 Å². The van der Waals surface area contributed by atoms with Gasteiger partial charge in [-0.3, -0.25) is 14.3 Å². The van der Waals surface area contributed by atoms with E-state index in [0.717, 1.165) is 25.5 Å². The molecule has 0 unspecified atom stereocenters. The van der Waals surface area contributed by atoms with Crippen LogP contribution >= 0.6 is 0 Å². The van der Waals surface area contributed by atoms with Crippen molar-refractivity contribution in [2.24, 2.45) is 0 Å². The number of esters is 1. The third kappa shape index (κ3) is 3.48. The molecule has 4 rings (SSSR count). The summed E-state index contributed by atoms with van der Waals surface area (Å²) in [5, 5.41) is 0.530. The van der Waals surface area contributed by atoms with Gasteiger partial charge in [0.2, 0.25) is 0 Å². The number of benzene rings is 2. The summed E-state index contributed by atoms with van der Waals surface area (Å²) in [6.07, 6.45) is 0.695. The number of methoxy groups -OCH3 is 1. The number of ether oxygens (including phenoxy) is 1. The molecule has 1 aliphatic heterocycles. The summed E-state index contributed by atoms with van der Waals surface area (Å²) < 4.78 is 6.53. The van der Waals surface area contributed by atoms with Gasteiger partial charge in [-0.25, -0.2) is 9.78 Å². The van der Waals surface area contributed by atoms with Gasteiger partial charge in [-0.05, 0) is 23.8 Å². The average molecular weight is 363 g/mol. The van der Waals surface area contributed by atoms with E-state index in [4.69, 9.17) is 4.74 Å². The van der Waals surface area contributed by atoms with Gasteiger partial charge in [0.25, 0.3) is 5.56 Å². The number of aromatic nitrogens is 2. The topological polar surface area (TPSA) is 64.4 Å². The van der Waals surface area contributed by atoms with Crippen LogP contribution in [0.25, 0.3) is 10.9 Å². The lowest BCUT2D eigenvalue weighted by atomic mass is 10.1. The van der Waals surface area contributed by atoms with Gasteiger partial charge in [0, 0.05) is 32.6 Å². The fourth-order valence-corrected chi connectivity index (χ4v) is 3.54. The van der Waals surface area contributed by atoms with Crippen LogP contribution in [0.15, 0.2) is 53.3 Å². The number of fused-ring (bicyclic) bond motifs is 2. The van der Waals surface area contributed by atoms with Crippen LogP contribution in [0.1, 0.15) is 21.7 Å². The Morgan fingerprint density at radius 1 is 1.11 bits per heavy atom. The molecule has 0 amide bonds. The molecule has 6 heteroatoms. The van der Waals surface area contributed by atoms with Gasteiger partial charge < -0.3 is 4.74 Å². The smallest absolute Gasteiger partial charge is 0.337 e. The van der Waals surface area contributed by atoms with Crippen molar-refractivity contribution < 1.29 is 9.53 Å². The van der Waals surface area contributed by atoms with Crippen molar-refractivity contribution in [3.63, 3.8) is 0 Å². The number of carbonyl (C=O) groups excluding carboxylic acids is 1. The maximum Gasteiger partial charge on any atom is 0.337 e. The van der Waals surface area contributed by atoms with Crippen molar-refractivity contribution in [2.45, 2.75) is 19.5 Å². The van der Waals surface area contributed by atoms with Gasteiger partial charge >= 0.3 is 5.97 Å². The van der Waals surface area contributed by atoms with Crippen molar-refractivity contribution >= 4 is 16.9 Å². The normalized spacial score (nSPS) is 14.6. The van der Waals surface area contributed by atoms with Crippen LogP contribution in [0.5, 0.6) is 0 Å². The highest BCUT2D eigenvalue weighted by atomic mass is 16.5. The number of hydrogen-bond acceptors (Lipinski definition) is 5. The van der Waals surface area contributed by atoms with E-state index in [1.54, 1.807) is 22.8 Å². The first kappa shape index (κ1) is 17.4. The lowest BCUT2D eigenvalue weighted by Gasteiger charge is -2.19. The van der Waals surface area contributed by atoms with E-state index in [1.807, 2.05) is 18.2 Å². The minimum atomic E-state index is -0.428. The first-order valence-corrected chi connectivity index (χ1v) is 9.04. The standard InChI is InChI=1S/C21H21N3O3/c1-27-21(26)16-7-8-17-18(13-16)22-19-9-10-23(11-12-24(19)20(17)25)14-15-5-3-2-4-6-15/h2-8,13H,9-12,14H2,1H3. The maximum absolute atomic E-state index is 12.9. The van der Waals surface area contributed by atoms with E-state index in [0.29, 0.717) is 29.4 Å². The van der Waals surface area contributed by atoms with Gasteiger partial charge in [-0.15, -0.1) is 0 Å². The third-order valence-electron chi connectivity index (χ3n) is 5.00. The Balaban J connectivity index is 1.64. The molecule has 2 heterocycles. The van der Waals surface area contributed by atoms with Crippen molar-refractivity contribution in [1.29, 1.82) is 0 Å². The molecule has 0 saturated heterocycles. The van der Waals surface area contributed by atoms with E-state index in [2.05, 4.69) is 22.0 Å². The van der Waals surface area contributed by atoms with Crippen LogP contribution in [0, 0.1) is 0 Å². The molecule has 1 aromatic heterocycles. The van der Waals surface area contributed by atoms with Crippen molar-refractivity contribution in [2.75, 3.05) is 20.2 Å². The molecular weight excluding hydrogens is 342 g/mol. The molecule has 138 valence electrons. The van der Waals surface area contributed by atoms with Crippen LogP contribution in [-0.4, -0.2) is 40.6 Å². The highest BCUT2D eigenvalue weighted by Crippen LogP contribution is 2.15. The van der Waals surface area contributed by atoms with E-state index < -0.39 is 5.97 Å². The molecule has 0 fully saturated rings. The molecule has 0 aliphatic carbocycles. The van der Waals surface area contributed by atoms with Crippen LogP contribution in [0.2, 0.25) is 0 Å². The lowest BCUT2D eigenvalue weighted by Crippen LogP contribution is -2.28. The van der Waals surface area contributed by atoms with Crippen LogP contribution in [-0.2, 0) is 24.2 Å². The quantitative estimate of drug-likeness (QED) is 0.668. The molecule has 0 atom stereocenters. The summed E-state index contributed by atoms with van der Waals surface area (Å²) in [6, 6.07) is 15.2. The van der Waals surface area contributed by atoms with Gasteiger partial charge in [-0.2, -0.15) is 0 Å². The lowest BCUT2D eigenvalue weighted by molar-refractivity contribution is 0.0601. The Morgan fingerprint density at radius 3 is 2.70 bits per heavy atom. The Morgan fingerprint density at radius 2 is 1.93 bits per heavy atom. The molecule has 3 aromatic rings. The van der Waals surface area contributed by atoms with Crippen molar-refractivity contribution in [3.05, 3.63) is 75.8 Å². The summed E-state index contributed by atoms with van der Waals surface area (Å²) in [5.74, 6) is 0.341. The summed E-state index contributed by atoms with van der Waals surface area (Å²) in [4.78, 5) is 31.7. The Hall–Kier alpha value is -2.99. The molecule has 6 nitrogen and oxygen atoms in total. The summed E-state index contributed by atoms with van der Waals surface area (Å²) in [7, 11) is 1.34. The Labute approximate surface area is 157 Å². The molecular formula is C21H21N3O3.